The number of carbonyl (C=O) groups excluding carboxylic acids is 1. The van der Waals surface area contributed by atoms with Gasteiger partial charge in [0.05, 0.1) is 5.69 Å². The van der Waals surface area contributed by atoms with Crippen molar-refractivity contribution in [3.05, 3.63) is 56.9 Å². The fourth-order valence-electron chi connectivity index (χ4n) is 2.23. The molecular weight excluding hydrogens is 370 g/mol. The summed E-state index contributed by atoms with van der Waals surface area (Å²) in [4.78, 5) is 12.2. The van der Waals surface area contributed by atoms with Crippen molar-refractivity contribution in [1.29, 1.82) is 0 Å². The molecule has 102 valence electrons. The second-order valence-corrected chi connectivity index (χ2v) is 5.79. The molecule has 1 amide bonds. The van der Waals surface area contributed by atoms with Crippen LogP contribution in [0.1, 0.15) is 15.9 Å². The molecule has 3 rings (SSSR count). The van der Waals surface area contributed by atoms with Gasteiger partial charge in [-0.25, -0.2) is 4.39 Å². The van der Waals surface area contributed by atoms with Crippen molar-refractivity contribution >= 4 is 39.9 Å². The lowest BCUT2D eigenvalue weighted by atomic mass is 10.1. The zero-order valence-corrected chi connectivity index (χ0v) is 12.7. The average Bonchev–Trinajstić information content (AvgIpc) is 2.89. The summed E-state index contributed by atoms with van der Waals surface area (Å²) >= 11 is 2.00. The molecule has 2 aromatic rings. The van der Waals surface area contributed by atoms with Crippen LogP contribution in [0.4, 0.5) is 15.8 Å². The van der Waals surface area contributed by atoms with Crippen molar-refractivity contribution in [3.63, 3.8) is 0 Å². The van der Waals surface area contributed by atoms with Gasteiger partial charge in [-0.1, -0.05) is 0 Å². The summed E-state index contributed by atoms with van der Waals surface area (Å²) in [5.74, 6) is -0.486. The number of nitrogens with one attached hydrogen (secondary N) is 2. The summed E-state index contributed by atoms with van der Waals surface area (Å²) in [5, 5.41) is 6.07. The number of benzene rings is 2. The third-order valence-corrected chi connectivity index (χ3v) is 4.15. The molecule has 5 heteroatoms. The minimum Gasteiger partial charge on any atom is -0.384 e. The molecule has 2 N–H and O–H groups in total. The molecule has 1 heterocycles. The molecule has 0 bridgehead atoms. The highest BCUT2D eigenvalue weighted by Crippen LogP contribution is 2.24. The van der Waals surface area contributed by atoms with E-state index in [9.17, 15) is 9.18 Å². The predicted octanol–water partition coefficient (Wildman–Crippen LogP) is 3.65. The monoisotopic (exact) mass is 382 g/mol. The summed E-state index contributed by atoms with van der Waals surface area (Å²) in [6, 6.07) is 9.92. The maximum Gasteiger partial charge on any atom is 0.255 e. The van der Waals surface area contributed by atoms with Gasteiger partial charge in [0.25, 0.3) is 5.91 Å². The standard InChI is InChI=1S/C15H12FIN2O/c16-11-2-4-14(12(17)8-11)19-15(20)10-1-3-13-9(7-10)5-6-18-13/h1-4,7-8,18H,5-6H2,(H,19,20). The summed E-state index contributed by atoms with van der Waals surface area (Å²) < 4.78 is 13.7. The Morgan fingerprint density at radius 1 is 1.25 bits per heavy atom. The second-order valence-electron chi connectivity index (χ2n) is 4.63. The molecule has 0 fully saturated rings. The molecule has 0 aliphatic carbocycles. The van der Waals surface area contributed by atoms with Crippen LogP contribution < -0.4 is 10.6 Å². The Morgan fingerprint density at radius 3 is 2.90 bits per heavy atom. The molecule has 0 unspecified atom stereocenters. The Labute approximate surface area is 129 Å². The Morgan fingerprint density at radius 2 is 2.10 bits per heavy atom. The van der Waals surface area contributed by atoms with Crippen LogP contribution in [0.25, 0.3) is 0 Å². The molecule has 3 nitrogen and oxygen atoms in total. The number of hydrogen-bond donors (Lipinski definition) is 2. The van der Waals surface area contributed by atoms with Crippen LogP contribution in [0.15, 0.2) is 36.4 Å². The van der Waals surface area contributed by atoms with E-state index >= 15 is 0 Å². The van der Waals surface area contributed by atoms with Gasteiger partial charge in [0, 0.05) is 21.4 Å². The Bertz CT molecular complexity index is 688. The van der Waals surface area contributed by atoms with Gasteiger partial charge < -0.3 is 10.6 Å². The Kier molecular flexibility index (Phi) is 3.60. The van der Waals surface area contributed by atoms with Crippen molar-refractivity contribution in [1.82, 2.24) is 0 Å². The van der Waals surface area contributed by atoms with Crippen molar-refractivity contribution < 1.29 is 9.18 Å². The maximum atomic E-state index is 13.0. The lowest BCUT2D eigenvalue weighted by Gasteiger charge is -2.08. The number of halogens is 2. The first kappa shape index (κ1) is 13.4. The third kappa shape index (κ3) is 2.63. The summed E-state index contributed by atoms with van der Waals surface area (Å²) in [7, 11) is 0. The van der Waals surface area contributed by atoms with Crippen molar-refractivity contribution in [3.8, 4) is 0 Å². The highest BCUT2D eigenvalue weighted by molar-refractivity contribution is 14.1. The Hall–Kier alpha value is -1.63. The van der Waals surface area contributed by atoms with Gasteiger partial charge in [0.1, 0.15) is 5.82 Å². The molecule has 0 aromatic heterocycles. The number of hydrogen-bond acceptors (Lipinski definition) is 2. The van der Waals surface area contributed by atoms with Gasteiger partial charge in [-0.3, -0.25) is 4.79 Å². The quantitative estimate of drug-likeness (QED) is 0.779. The average molecular weight is 382 g/mol. The number of fused-ring (bicyclic) bond motifs is 1. The van der Waals surface area contributed by atoms with Crippen LogP contribution in [0.3, 0.4) is 0 Å². The maximum absolute atomic E-state index is 13.0. The van der Waals surface area contributed by atoms with Crippen LogP contribution in [0.2, 0.25) is 0 Å². The Balaban J connectivity index is 1.82. The molecule has 0 spiro atoms. The molecule has 20 heavy (non-hydrogen) atoms. The van der Waals surface area contributed by atoms with E-state index in [4.69, 9.17) is 0 Å². The van der Waals surface area contributed by atoms with Crippen molar-refractivity contribution in [2.24, 2.45) is 0 Å². The van der Waals surface area contributed by atoms with Crippen molar-refractivity contribution in [2.45, 2.75) is 6.42 Å². The van der Waals surface area contributed by atoms with Crippen LogP contribution in [-0.2, 0) is 6.42 Å². The molecule has 1 aliphatic rings. The first-order chi connectivity index (χ1) is 9.63. The van der Waals surface area contributed by atoms with E-state index in [1.807, 2.05) is 34.7 Å². The zero-order chi connectivity index (χ0) is 14.1. The SMILES string of the molecule is O=C(Nc1ccc(F)cc1I)c1ccc2c(c1)CCN2. The van der Waals surface area contributed by atoms with Crippen molar-refractivity contribution in [2.75, 3.05) is 17.2 Å². The summed E-state index contributed by atoms with van der Waals surface area (Å²) in [6.45, 7) is 0.913. The molecule has 1 aliphatic heterocycles. The fourth-order valence-corrected chi connectivity index (χ4v) is 2.84. The zero-order valence-electron chi connectivity index (χ0n) is 10.5. The topological polar surface area (TPSA) is 41.1 Å². The van der Waals surface area contributed by atoms with Gasteiger partial charge >= 0.3 is 0 Å². The minimum absolute atomic E-state index is 0.177. The van der Waals surface area contributed by atoms with E-state index in [-0.39, 0.29) is 11.7 Å². The predicted molar refractivity (Wildman–Crippen MR) is 85.7 cm³/mol. The fraction of sp³-hybridized carbons (Fsp3) is 0.133. The van der Waals surface area contributed by atoms with Crippen LogP contribution in [0, 0.1) is 9.39 Å². The van der Waals surface area contributed by atoms with Gasteiger partial charge in [0.2, 0.25) is 0 Å². The highest BCUT2D eigenvalue weighted by atomic mass is 127. The van der Waals surface area contributed by atoms with Crippen LogP contribution in [0.5, 0.6) is 0 Å². The summed E-state index contributed by atoms with van der Waals surface area (Å²) in [5.41, 5.74) is 3.49. The number of carbonyl (C=O) groups is 1. The smallest absolute Gasteiger partial charge is 0.255 e. The normalized spacial score (nSPS) is 12.7. The molecule has 0 saturated carbocycles. The van der Waals surface area contributed by atoms with Crippen LogP contribution in [-0.4, -0.2) is 12.5 Å². The number of rotatable bonds is 2. The highest BCUT2D eigenvalue weighted by Gasteiger charge is 2.14. The number of amides is 1. The molecule has 2 aromatic carbocycles. The molecule has 0 radical (unpaired) electrons. The van der Waals surface area contributed by atoms with E-state index in [2.05, 4.69) is 10.6 Å². The van der Waals surface area contributed by atoms with E-state index in [0.717, 1.165) is 24.2 Å². The van der Waals surface area contributed by atoms with E-state index < -0.39 is 0 Å². The van der Waals surface area contributed by atoms with Crippen LogP contribution >= 0.6 is 22.6 Å². The molecular formula is C15H12FIN2O. The first-order valence-corrected chi connectivity index (χ1v) is 7.34. The van der Waals surface area contributed by atoms with E-state index in [0.29, 0.717) is 14.8 Å². The second kappa shape index (κ2) is 5.40. The molecule has 0 atom stereocenters. The van der Waals surface area contributed by atoms with Gasteiger partial charge in [-0.2, -0.15) is 0 Å². The van der Waals surface area contributed by atoms with Gasteiger partial charge in [-0.05, 0) is 71.0 Å². The third-order valence-electron chi connectivity index (χ3n) is 3.26. The largest absolute Gasteiger partial charge is 0.384 e. The first-order valence-electron chi connectivity index (χ1n) is 6.27. The lowest BCUT2D eigenvalue weighted by Crippen LogP contribution is -2.13. The summed E-state index contributed by atoms with van der Waals surface area (Å²) in [6.07, 6.45) is 0.935. The molecule has 0 saturated heterocycles. The number of anilines is 2. The van der Waals surface area contributed by atoms with Gasteiger partial charge in [0.15, 0.2) is 0 Å². The van der Waals surface area contributed by atoms with E-state index in [1.165, 1.54) is 12.1 Å². The van der Waals surface area contributed by atoms with E-state index in [1.54, 1.807) is 12.1 Å². The van der Waals surface area contributed by atoms with Gasteiger partial charge in [-0.15, -0.1) is 0 Å². The lowest BCUT2D eigenvalue weighted by molar-refractivity contribution is 0.102. The minimum atomic E-state index is -0.309.